The number of rotatable bonds is 6. The van der Waals surface area contributed by atoms with Crippen LogP contribution >= 0.6 is 11.8 Å². The van der Waals surface area contributed by atoms with Gasteiger partial charge in [0.05, 0.1) is 0 Å². The molecule has 0 spiro atoms. The number of aromatic nitrogens is 2. The lowest BCUT2D eigenvalue weighted by Gasteiger charge is -2.34. The van der Waals surface area contributed by atoms with E-state index in [0.29, 0.717) is 6.54 Å². The second-order valence-electron chi connectivity index (χ2n) is 6.47. The number of benzene rings is 1. The van der Waals surface area contributed by atoms with Gasteiger partial charge in [0.15, 0.2) is 5.16 Å². The van der Waals surface area contributed by atoms with Gasteiger partial charge < -0.3 is 9.88 Å². The Hall–Kier alpha value is -1.79. The number of nitrogens with one attached hydrogen (secondary N) is 1. The monoisotopic (exact) mass is 344 g/mol. The summed E-state index contributed by atoms with van der Waals surface area (Å²) in [6, 6.07) is 8.35. The molecule has 0 fully saturated rings. The summed E-state index contributed by atoms with van der Waals surface area (Å²) in [6.07, 6.45) is 5.26. The maximum atomic E-state index is 12.9. The van der Waals surface area contributed by atoms with Gasteiger partial charge in [0.1, 0.15) is 5.54 Å². The van der Waals surface area contributed by atoms with Crippen LogP contribution in [0.5, 0.6) is 0 Å². The number of hydrogen-bond acceptors (Lipinski definition) is 4. The zero-order valence-electron chi connectivity index (χ0n) is 14.5. The van der Waals surface area contributed by atoms with Crippen LogP contribution in [0.25, 0.3) is 0 Å². The Morgan fingerprint density at radius 2 is 2.00 bits per heavy atom. The number of nitrogens with zero attached hydrogens (tertiary/aromatic N) is 3. The van der Waals surface area contributed by atoms with Crippen LogP contribution in [0.3, 0.4) is 0 Å². The molecule has 128 valence electrons. The van der Waals surface area contributed by atoms with E-state index in [0.717, 1.165) is 23.8 Å². The highest BCUT2D eigenvalue weighted by Gasteiger charge is 2.45. The van der Waals surface area contributed by atoms with Gasteiger partial charge in [-0.05, 0) is 25.2 Å². The number of fused-ring (bicyclic) bond motifs is 1. The topological polar surface area (TPSA) is 50.2 Å². The van der Waals surface area contributed by atoms with Crippen molar-refractivity contribution in [2.24, 2.45) is 7.05 Å². The molecule has 0 atom stereocenters. The smallest absolute Gasteiger partial charge is 0.241 e. The number of carbonyl (C=O) groups is 1. The lowest BCUT2D eigenvalue weighted by atomic mass is 9.93. The fraction of sp³-hybridized carbons (Fsp3) is 0.444. The highest BCUT2D eigenvalue weighted by molar-refractivity contribution is 7.99. The Morgan fingerprint density at radius 3 is 2.54 bits per heavy atom. The Balaban J connectivity index is 1.59. The summed E-state index contributed by atoms with van der Waals surface area (Å²) in [7, 11) is 5.97. The molecule has 1 aliphatic rings. The summed E-state index contributed by atoms with van der Waals surface area (Å²) in [5, 5.41) is 4.10. The second-order valence-corrected chi connectivity index (χ2v) is 7.54. The highest BCUT2D eigenvalue weighted by atomic mass is 32.2. The van der Waals surface area contributed by atoms with E-state index in [1.54, 1.807) is 18.0 Å². The van der Waals surface area contributed by atoms with Gasteiger partial charge in [-0.15, -0.1) is 0 Å². The van der Waals surface area contributed by atoms with Crippen LogP contribution in [0, 0.1) is 0 Å². The van der Waals surface area contributed by atoms with Crippen LogP contribution in [-0.4, -0.2) is 52.3 Å². The average molecular weight is 344 g/mol. The Bertz CT molecular complexity index is 700. The zero-order chi connectivity index (χ0) is 17.2. The van der Waals surface area contributed by atoms with Crippen LogP contribution in [0.15, 0.2) is 41.8 Å². The summed E-state index contributed by atoms with van der Waals surface area (Å²) in [4.78, 5) is 19.3. The number of likely N-dealkylation sites (N-methyl/N-ethyl adjacent to an activating group) is 1. The first kappa shape index (κ1) is 17.0. The van der Waals surface area contributed by atoms with E-state index in [2.05, 4.69) is 27.3 Å². The van der Waals surface area contributed by atoms with Crippen LogP contribution in [0.2, 0.25) is 0 Å². The molecule has 0 saturated carbocycles. The second kappa shape index (κ2) is 6.99. The van der Waals surface area contributed by atoms with Crippen LogP contribution in [0.1, 0.15) is 11.1 Å². The van der Waals surface area contributed by atoms with Crippen molar-refractivity contribution in [3.8, 4) is 0 Å². The highest BCUT2D eigenvalue weighted by Crippen LogP contribution is 2.33. The van der Waals surface area contributed by atoms with E-state index in [-0.39, 0.29) is 5.91 Å². The van der Waals surface area contributed by atoms with Gasteiger partial charge in [0.2, 0.25) is 5.91 Å². The first-order valence-corrected chi connectivity index (χ1v) is 9.14. The SMILES string of the molecule is CN(C)C1(C(=O)NCCSc2nccn2C)Cc2ccccc2C1. The number of imidazole rings is 1. The van der Waals surface area contributed by atoms with Gasteiger partial charge in [0.25, 0.3) is 0 Å². The third-order valence-electron chi connectivity index (χ3n) is 4.76. The number of amides is 1. The van der Waals surface area contributed by atoms with E-state index in [1.807, 2.05) is 44.0 Å². The number of aryl methyl sites for hydroxylation is 1. The summed E-state index contributed by atoms with van der Waals surface area (Å²) >= 11 is 1.66. The minimum atomic E-state index is -0.475. The molecule has 0 bridgehead atoms. The predicted octanol–water partition coefficient (Wildman–Crippen LogP) is 1.73. The molecule has 1 heterocycles. The molecule has 1 amide bonds. The maximum absolute atomic E-state index is 12.9. The lowest BCUT2D eigenvalue weighted by molar-refractivity contribution is -0.131. The van der Waals surface area contributed by atoms with Gasteiger partial charge in [0, 0.05) is 44.6 Å². The molecule has 0 saturated heterocycles. The minimum Gasteiger partial charge on any atom is -0.354 e. The van der Waals surface area contributed by atoms with E-state index in [4.69, 9.17) is 0 Å². The molecule has 1 aliphatic carbocycles. The van der Waals surface area contributed by atoms with E-state index in [1.165, 1.54) is 11.1 Å². The number of hydrogen-bond donors (Lipinski definition) is 1. The average Bonchev–Trinajstić information content (AvgIpc) is 3.15. The maximum Gasteiger partial charge on any atom is 0.241 e. The van der Waals surface area contributed by atoms with Crippen molar-refractivity contribution in [3.05, 3.63) is 47.8 Å². The van der Waals surface area contributed by atoms with Crippen molar-refractivity contribution in [1.29, 1.82) is 0 Å². The van der Waals surface area contributed by atoms with Crippen molar-refractivity contribution in [1.82, 2.24) is 19.8 Å². The molecule has 2 aromatic rings. The van der Waals surface area contributed by atoms with Gasteiger partial charge in [-0.2, -0.15) is 0 Å². The van der Waals surface area contributed by atoms with Crippen LogP contribution in [-0.2, 0) is 24.7 Å². The molecule has 24 heavy (non-hydrogen) atoms. The minimum absolute atomic E-state index is 0.115. The fourth-order valence-electron chi connectivity index (χ4n) is 3.24. The van der Waals surface area contributed by atoms with Gasteiger partial charge >= 0.3 is 0 Å². The zero-order valence-corrected chi connectivity index (χ0v) is 15.3. The molecule has 6 heteroatoms. The third-order valence-corrected chi connectivity index (χ3v) is 5.82. The predicted molar refractivity (Wildman–Crippen MR) is 97.2 cm³/mol. The molecule has 3 rings (SSSR count). The van der Waals surface area contributed by atoms with E-state index >= 15 is 0 Å². The van der Waals surface area contributed by atoms with Crippen molar-refractivity contribution in [2.75, 3.05) is 26.4 Å². The van der Waals surface area contributed by atoms with E-state index < -0.39 is 5.54 Å². The standard InChI is InChI=1S/C18H24N4OS/c1-21(2)18(12-14-6-4-5-7-15(14)13-18)16(23)19-9-11-24-17-20-8-10-22(17)3/h4-8,10H,9,11-13H2,1-3H3,(H,19,23). The molecule has 0 unspecified atom stereocenters. The van der Waals surface area contributed by atoms with Crippen molar-refractivity contribution >= 4 is 17.7 Å². The number of thioether (sulfide) groups is 1. The molecule has 0 aliphatic heterocycles. The van der Waals surface area contributed by atoms with Gasteiger partial charge in [-0.3, -0.25) is 9.69 Å². The van der Waals surface area contributed by atoms with Crippen molar-refractivity contribution in [2.45, 2.75) is 23.5 Å². The van der Waals surface area contributed by atoms with Gasteiger partial charge in [-0.1, -0.05) is 36.0 Å². The molecule has 1 N–H and O–H groups in total. The van der Waals surface area contributed by atoms with Crippen LogP contribution in [0.4, 0.5) is 0 Å². The van der Waals surface area contributed by atoms with Gasteiger partial charge in [-0.25, -0.2) is 4.98 Å². The first-order valence-electron chi connectivity index (χ1n) is 8.15. The molecular weight excluding hydrogens is 320 g/mol. The van der Waals surface area contributed by atoms with E-state index in [9.17, 15) is 4.79 Å². The fourth-order valence-corrected chi connectivity index (χ4v) is 4.02. The van der Waals surface area contributed by atoms with Crippen LogP contribution < -0.4 is 5.32 Å². The third kappa shape index (κ3) is 3.21. The summed E-state index contributed by atoms with van der Waals surface area (Å²) in [5.74, 6) is 0.927. The Morgan fingerprint density at radius 1 is 1.33 bits per heavy atom. The Labute approximate surface area is 147 Å². The quantitative estimate of drug-likeness (QED) is 0.640. The Kier molecular flexibility index (Phi) is 4.96. The molecule has 5 nitrogen and oxygen atoms in total. The van der Waals surface area contributed by atoms with Crippen molar-refractivity contribution < 1.29 is 4.79 Å². The summed E-state index contributed by atoms with van der Waals surface area (Å²) < 4.78 is 1.99. The molecule has 0 radical (unpaired) electrons. The summed E-state index contributed by atoms with van der Waals surface area (Å²) in [6.45, 7) is 0.641. The molecular formula is C18H24N4OS. The molecule has 1 aromatic heterocycles. The number of carbonyl (C=O) groups excluding carboxylic acids is 1. The summed E-state index contributed by atoms with van der Waals surface area (Å²) in [5.41, 5.74) is 2.09. The lowest BCUT2D eigenvalue weighted by Crippen LogP contribution is -2.57. The largest absolute Gasteiger partial charge is 0.354 e. The first-order chi connectivity index (χ1) is 11.5. The normalized spacial score (nSPS) is 15.5. The molecule has 1 aromatic carbocycles. The van der Waals surface area contributed by atoms with Crippen molar-refractivity contribution in [3.63, 3.8) is 0 Å².